The minimum atomic E-state index is 0.313. The summed E-state index contributed by atoms with van der Waals surface area (Å²) >= 11 is 0. The van der Waals surface area contributed by atoms with Crippen LogP contribution in [0.25, 0.3) is 0 Å². The predicted octanol–water partition coefficient (Wildman–Crippen LogP) is 2.17. The third kappa shape index (κ3) is 3.71. The maximum absolute atomic E-state index is 6.19. The van der Waals surface area contributed by atoms with E-state index < -0.39 is 0 Å². The molecule has 0 aromatic carbocycles. The maximum atomic E-state index is 6.19. The minimum Gasteiger partial charge on any atom is -0.329 e. The first kappa shape index (κ1) is 15.3. The van der Waals surface area contributed by atoms with E-state index in [1.807, 2.05) is 0 Å². The van der Waals surface area contributed by atoms with Crippen LogP contribution in [0, 0.1) is 11.8 Å². The number of hydrogen-bond acceptors (Lipinski definition) is 3. The fourth-order valence-corrected chi connectivity index (χ4v) is 3.80. The summed E-state index contributed by atoms with van der Waals surface area (Å²) in [5, 5.41) is 0. The van der Waals surface area contributed by atoms with E-state index in [9.17, 15) is 0 Å². The van der Waals surface area contributed by atoms with Gasteiger partial charge in [0.15, 0.2) is 0 Å². The molecule has 2 heterocycles. The largest absolute Gasteiger partial charge is 0.329 e. The molecule has 2 rings (SSSR count). The van der Waals surface area contributed by atoms with Crippen LogP contribution in [0.5, 0.6) is 0 Å². The van der Waals surface area contributed by atoms with E-state index in [-0.39, 0.29) is 0 Å². The molecular formula is C16H33N3. The van der Waals surface area contributed by atoms with Gasteiger partial charge in [-0.25, -0.2) is 0 Å². The SMILES string of the molecule is CC(C)CN1CCC(CN)(N2CCC(C)CC2)CC1. The quantitative estimate of drug-likeness (QED) is 0.847. The molecule has 0 aliphatic carbocycles. The van der Waals surface area contributed by atoms with Crippen molar-refractivity contribution < 1.29 is 0 Å². The van der Waals surface area contributed by atoms with Crippen LogP contribution in [0.3, 0.4) is 0 Å². The molecule has 0 spiro atoms. The van der Waals surface area contributed by atoms with Crippen LogP contribution < -0.4 is 5.73 Å². The second-order valence-electron chi connectivity index (χ2n) is 7.29. The van der Waals surface area contributed by atoms with E-state index in [4.69, 9.17) is 5.73 Å². The lowest BCUT2D eigenvalue weighted by Gasteiger charge is -2.50. The van der Waals surface area contributed by atoms with Crippen LogP contribution in [0.1, 0.15) is 46.5 Å². The zero-order valence-corrected chi connectivity index (χ0v) is 13.2. The van der Waals surface area contributed by atoms with Gasteiger partial charge in [-0.3, -0.25) is 4.90 Å². The van der Waals surface area contributed by atoms with Gasteiger partial charge in [0.2, 0.25) is 0 Å². The smallest absolute Gasteiger partial charge is 0.0356 e. The summed E-state index contributed by atoms with van der Waals surface area (Å²) in [6, 6.07) is 0. The molecule has 0 amide bonds. The molecule has 112 valence electrons. The number of nitrogens with zero attached hydrogens (tertiary/aromatic N) is 2. The van der Waals surface area contributed by atoms with Crippen molar-refractivity contribution in [2.24, 2.45) is 17.6 Å². The molecule has 0 aromatic rings. The van der Waals surface area contributed by atoms with Gasteiger partial charge in [-0.2, -0.15) is 0 Å². The highest BCUT2D eigenvalue weighted by atomic mass is 15.2. The molecule has 3 nitrogen and oxygen atoms in total. The molecule has 0 saturated carbocycles. The van der Waals surface area contributed by atoms with Gasteiger partial charge in [-0.15, -0.1) is 0 Å². The summed E-state index contributed by atoms with van der Waals surface area (Å²) in [7, 11) is 0. The second kappa shape index (κ2) is 6.55. The number of rotatable bonds is 4. The standard InChI is InChI=1S/C16H33N3/c1-14(2)12-18-10-6-16(13-17,7-11-18)19-8-4-15(3)5-9-19/h14-15H,4-13,17H2,1-3H3. The van der Waals surface area contributed by atoms with E-state index in [1.165, 1.54) is 58.4 Å². The summed E-state index contributed by atoms with van der Waals surface area (Å²) in [6.07, 6.45) is 5.25. The average Bonchev–Trinajstić information content (AvgIpc) is 2.40. The Kier molecular flexibility index (Phi) is 5.27. The topological polar surface area (TPSA) is 32.5 Å². The molecule has 0 aromatic heterocycles. The van der Waals surface area contributed by atoms with E-state index in [0.717, 1.165) is 18.4 Å². The van der Waals surface area contributed by atoms with Crippen molar-refractivity contribution in [2.75, 3.05) is 39.3 Å². The van der Waals surface area contributed by atoms with Crippen molar-refractivity contribution in [1.29, 1.82) is 0 Å². The lowest BCUT2D eigenvalue weighted by atomic mass is 9.83. The van der Waals surface area contributed by atoms with Crippen LogP contribution in [-0.2, 0) is 0 Å². The molecule has 2 aliphatic heterocycles. The number of piperidine rings is 2. The fourth-order valence-electron chi connectivity index (χ4n) is 3.80. The summed E-state index contributed by atoms with van der Waals surface area (Å²) in [5.41, 5.74) is 6.50. The molecule has 2 N–H and O–H groups in total. The van der Waals surface area contributed by atoms with Gasteiger partial charge in [0.05, 0.1) is 0 Å². The summed E-state index contributed by atoms with van der Waals surface area (Å²) in [6.45, 7) is 14.1. The molecule has 0 bridgehead atoms. The highest BCUT2D eigenvalue weighted by Crippen LogP contribution is 2.32. The molecular weight excluding hydrogens is 234 g/mol. The van der Waals surface area contributed by atoms with Crippen LogP contribution >= 0.6 is 0 Å². The van der Waals surface area contributed by atoms with Crippen LogP contribution in [0.15, 0.2) is 0 Å². The first-order chi connectivity index (χ1) is 9.05. The Bertz CT molecular complexity index is 261. The first-order valence-corrected chi connectivity index (χ1v) is 8.23. The zero-order valence-electron chi connectivity index (χ0n) is 13.2. The van der Waals surface area contributed by atoms with E-state index >= 15 is 0 Å². The zero-order chi connectivity index (χ0) is 13.9. The second-order valence-corrected chi connectivity index (χ2v) is 7.29. The lowest BCUT2D eigenvalue weighted by molar-refractivity contribution is 0.00375. The normalized spacial score (nSPS) is 27.0. The summed E-state index contributed by atoms with van der Waals surface area (Å²) < 4.78 is 0. The third-order valence-electron chi connectivity index (χ3n) is 5.24. The van der Waals surface area contributed by atoms with Crippen molar-refractivity contribution in [3.05, 3.63) is 0 Å². The molecule has 0 radical (unpaired) electrons. The van der Waals surface area contributed by atoms with E-state index in [0.29, 0.717) is 5.54 Å². The molecule has 0 unspecified atom stereocenters. The minimum absolute atomic E-state index is 0.313. The summed E-state index contributed by atoms with van der Waals surface area (Å²) in [4.78, 5) is 5.35. The van der Waals surface area contributed by atoms with E-state index in [1.54, 1.807) is 0 Å². The van der Waals surface area contributed by atoms with Crippen LogP contribution in [-0.4, -0.2) is 54.6 Å². The van der Waals surface area contributed by atoms with Gasteiger partial charge >= 0.3 is 0 Å². The van der Waals surface area contributed by atoms with Crippen molar-refractivity contribution in [3.63, 3.8) is 0 Å². The Morgan fingerprint density at radius 2 is 1.68 bits per heavy atom. The van der Waals surface area contributed by atoms with Gasteiger partial charge in [0, 0.05) is 18.6 Å². The fraction of sp³-hybridized carbons (Fsp3) is 1.00. The van der Waals surface area contributed by atoms with Crippen molar-refractivity contribution in [1.82, 2.24) is 9.80 Å². The maximum Gasteiger partial charge on any atom is 0.0356 e. The highest BCUT2D eigenvalue weighted by Gasteiger charge is 2.39. The molecule has 2 aliphatic rings. The van der Waals surface area contributed by atoms with Crippen LogP contribution in [0.2, 0.25) is 0 Å². The van der Waals surface area contributed by atoms with Gasteiger partial charge in [-0.1, -0.05) is 20.8 Å². The summed E-state index contributed by atoms with van der Waals surface area (Å²) in [5.74, 6) is 1.69. The van der Waals surface area contributed by atoms with Crippen molar-refractivity contribution >= 4 is 0 Å². The van der Waals surface area contributed by atoms with Gasteiger partial charge in [0.1, 0.15) is 0 Å². The first-order valence-electron chi connectivity index (χ1n) is 8.23. The average molecular weight is 267 g/mol. The van der Waals surface area contributed by atoms with E-state index in [2.05, 4.69) is 30.6 Å². The van der Waals surface area contributed by atoms with Crippen molar-refractivity contribution in [2.45, 2.75) is 52.0 Å². The molecule has 2 fully saturated rings. The lowest BCUT2D eigenvalue weighted by Crippen LogP contribution is -2.61. The number of nitrogens with two attached hydrogens (primary N) is 1. The molecule has 0 atom stereocenters. The predicted molar refractivity (Wildman–Crippen MR) is 82.3 cm³/mol. The van der Waals surface area contributed by atoms with Crippen molar-refractivity contribution in [3.8, 4) is 0 Å². The third-order valence-corrected chi connectivity index (χ3v) is 5.24. The highest BCUT2D eigenvalue weighted by molar-refractivity contribution is 4.97. The number of hydrogen-bond donors (Lipinski definition) is 1. The van der Waals surface area contributed by atoms with Gasteiger partial charge in [0.25, 0.3) is 0 Å². The Labute approximate surface area is 119 Å². The Balaban J connectivity index is 1.90. The monoisotopic (exact) mass is 267 g/mol. The molecule has 2 saturated heterocycles. The Morgan fingerprint density at radius 3 is 2.16 bits per heavy atom. The Morgan fingerprint density at radius 1 is 1.11 bits per heavy atom. The van der Waals surface area contributed by atoms with Crippen LogP contribution in [0.4, 0.5) is 0 Å². The van der Waals surface area contributed by atoms with Gasteiger partial charge in [-0.05, 0) is 63.7 Å². The van der Waals surface area contributed by atoms with Gasteiger partial charge < -0.3 is 10.6 Å². The number of likely N-dealkylation sites (tertiary alicyclic amines) is 2. The Hall–Kier alpha value is -0.120. The molecule has 19 heavy (non-hydrogen) atoms. The molecule has 3 heteroatoms.